The smallest absolute Gasteiger partial charge is 0.333 e. The van der Waals surface area contributed by atoms with E-state index in [1.165, 1.54) is 6.08 Å². The standard InChI is InChI=1S/C20H20N2O3/c1-20(2,3)25-17(23)12-16-15-10-7-11-21-18(15)19(24)22(16)13-14-8-5-4-6-9-14/h4-12H,13H2,1-3H3/b16-12+. The van der Waals surface area contributed by atoms with Gasteiger partial charge in [-0.05, 0) is 38.5 Å². The summed E-state index contributed by atoms with van der Waals surface area (Å²) in [6.45, 7) is 5.78. The van der Waals surface area contributed by atoms with Crippen LogP contribution in [0.15, 0.2) is 54.7 Å². The van der Waals surface area contributed by atoms with Gasteiger partial charge in [0, 0.05) is 17.8 Å². The number of carbonyl (C=O) groups excluding carboxylic acids is 2. The summed E-state index contributed by atoms with van der Waals surface area (Å²) in [5.41, 5.74) is 1.89. The van der Waals surface area contributed by atoms with Gasteiger partial charge in [-0.15, -0.1) is 0 Å². The monoisotopic (exact) mass is 336 g/mol. The minimum absolute atomic E-state index is 0.214. The van der Waals surface area contributed by atoms with Crippen LogP contribution in [0.4, 0.5) is 0 Å². The second-order valence-corrected chi connectivity index (χ2v) is 6.84. The lowest BCUT2D eigenvalue weighted by atomic mass is 10.1. The van der Waals surface area contributed by atoms with Crippen LogP contribution in [0, 0.1) is 0 Å². The number of pyridine rings is 1. The van der Waals surface area contributed by atoms with Crippen LogP contribution < -0.4 is 0 Å². The van der Waals surface area contributed by atoms with Gasteiger partial charge in [-0.25, -0.2) is 4.79 Å². The lowest BCUT2D eigenvalue weighted by Gasteiger charge is -2.21. The minimum atomic E-state index is -0.598. The number of aromatic nitrogens is 1. The van der Waals surface area contributed by atoms with Gasteiger partial charge in [0.2, 0.25) is 0 Å². The molecule has 1 aromatic carbocycles. The predicted molar refractivity (Wildman–Crippen MR) is 94.4 cm³/mol. The number of hydrogen-bond acceptors (Lipinski definition) is 4. The van der Waals surface area contributed by atoms with Crippen molar-refractivity contribution in [3.05, 3.63) is 71.6 Å². The average molecular weight is 336 g/mol. The molecule has 0 unspecified atom stereocenters. The number of hydrogen-bond donors (Lipinski definition) is 0. The van der Waals surface area contributed by atoms with Gasteiger partial charge >= 0.3 is 5.97 Å². The second kappa shape index (κ2) is 6.51. The van der Waals surface area contributed by atoms with Crippen LogP contribution in [0.3, 0.4) is 0 Å². The maximum atomic E-state index is 12.7. The van der Waals surface area contributed by atoms with E-state index >= 15 is 0 Å². The van der Waals surface area contributed by atoms with Gasteiger partial charge < -0.3 is 9.64 Å². The molecule has 0 N–H and O–H groups in total. The van der Waals surface area contributed by atoms with E-state index < -0.39 is 11.6 Å². The van der Waals surface area contributed by atoms with E-state index in [0.29, 0.717) is 23.5 Å². The SMILES string of the molecule is CC(C)(C)OC(=O)/C=C1\c2cccnc2C(=O)N1Cc1ccccc1. The van der Waals surface area contributed by atoms with E-state index in [1.54, 1.807) is 44.0 Å². The zero-order chi connectivity index (χ0) is 18.0. The molecular formula is C20H20N2O3. The summed E-state index contributed by atoms with van der Waals surface area (Å²) in [5, 5.41) is 0. The van der Waals surface area contributed by atoms with Crippen LogP contribution in [0.5, 0.6) is 0 Å². The maximum Gasteiger partial charge on any atom is 0.333 e. The lowest BCUT2D eigenvalue weighted by Crippen LogP contribution is -2.25. The number of fused-ring (bicyclic) bond motifs is 1. The van der Waals surface area contributed by atoms with Crippen molar-refractivity contribution in [3.63, 3.8) is 0 Å². The number of ether oxygens (including phenoxy) is 1. The summed E-state index contributed by atoms with van der Waals surface area (Å²) in [5.74, 6) is -0.695. The normalized spacial score (nSPS) is 15.4. The van der Waals surface area contributed by atoms with Crippen LogP contribution >= 0.6 is 0 Å². The highest BCUT2D eigenvalue weighted by Gasteiger charge is 2.34. The van der Waals surface area contributed by atoms with Crippen LogP contribution in [0.1, 0.15) is 42.4 Å². The summed E-state index contributed by atoms with van der Waals surface area (Å²) in [7, 11) is 0. The first-order valence-electron chi connectivity index (χ1n) is 8.11. The molecule has 128 valence electrons. The maximum absolute atomic E-state index is 12.7. The van der Waals surface area contributed by atoms with Gasteiger partial charge in [-0.1, -0.05) is 30.3 Å². The number of nitrogens with zero attached hydrogens (tertiary/aromatic N) is 2. The van der Waals surface area contributed by atoms with E-state index in [-0.39, 0.29) is 5.91 Å². The summed E-state index contributed by atoms with van der Waals surface area (Å²) in [6.07, 6.45) is 2.95. The highest BCUT2D eigenvalue weighted by atomic mass is 16.6. The molecule has 0 saturated carbocycles. The molecule has 25 heavy (non-hydrogen) atoms. The average Bonchev–Trinajstić information content (AvgIpc) is 2.80. The number of amides is 1. The molecule has 2 aromatic rings. The highest BCUT2D eigenvalue weighted by molar-refractivity contribution is 6.10. The largest absolute Gasteiger partial charge is 0.457 e. The summed E-state index contributed by atoms with van der Waals surface area (Å²) >= 11 is 0. The molecule has 2 heterocycles. The summed E-state index contributed by atoms with van der Waals surface area (Å²) < 4.78 is 5.37. The molecular weight excluding hydrogens is 316 g/mol. The van der Waals surface area contributed by atoms with Gasteiger partial charge in [-0.3, -0.25) is 9.78 Å². The Hall–Kier alpha value is -2.95. The molecule has 1 amide bonds. The fraction of sp³-hybridized carbons (Fsp3) is 0.250. The van der Waals surface area contributed by atoms with Crippen molar-refractivity contribution in [2.45, 2.75) is 32.9 Å². The number of carbonyl (C=O) groups is 2. The fourth-order valence-corrected chi connectivity index (χ4v) is 2.69. The Balaban J connectivity index is 1.98. The van der Waals surface area contributed by atoms with Crippen molar-refractivity contribution in [3.8, 4) is 0 Å². The number of benzene rings is 1. The molecule has 1 aromatic heterocycles. The van der Waals surface area contributed by atoms with E-state index in [2.05, 4.69) is 4.98 Å². The highest BCUT2D eigenvalue weighted by Crippen LogP contribution is 2.32. The Morgan fingerprint density at radius 2 is 1.88 bits per heavy atom. The Kier molecular flexibility index (Phi) is 4.40. The fourth-order valence-electron chi connectivity index (χ4n) is 2.69. The van der Waals surface area contributed by atoms with Gasteiger partial charge in [0.05, 0.1) is 12.2 Å². The van der Waals surface area contributed by atoms with Crippen molar-refractivity contribution in [1.82, 2.24) is 9.88 Å². The van der Waals surface area contributed by atoms with E-state index in [4.69, 9.17) is 4.74 Å². The van der Waals surface area contributed by atoms with Gasteiger partial charge in [0.15, 0.2) is 0 Å². The Bertz CT molecular complexity index is 836. The van der Waals surface area contributed by atoms with Crippen molar-refractivity contribution in [2.75, 3.05) is 0 Å². The molecule has 0 saturated heterocycles. The second-order valence-electron chi connectivity index (χ2n) is 6.84. The van der Waals surface area contributed by atoms with Gasteiger partial charge in [0.25, 0.3) is 5.91 Å². The Morgan fingerprint density at radius 1 is 1.16 bits per heavy atom. The first-order chi connectivity index (χ1) is 11.8. The molecule has 5 nitrogen and oxygen atoms in total. The minimum Gasteiger partial charge on any atom is -0.457 e. The molecule has 5 heteroatoms. The zero-order valence-corrected chi connectivity index (χ0v) is 14.5. The third kappa shape index (κ3) is 3.76. The first-order valence-corrected chi connectivity index (χ1v) is 8.11. The summed E-state index contributed by atoms with van der Waals surface area (Å²) in [4.78, 5) is 30.8. The first kappa shape index (κ1) is 16.9. The van der Waals surface area contributed by atoms with Crippen molar-refractivity contribution in [1.29, 1.82) is 0 Å². The van der Waals surface area contributed by atoms with Crippen LogP contribution in [0.25, 0.3) is 5.70 Å². The van der Waals surface area contributed by atoms with Crippen LogP contribution in [0.2, 0.25) is 0 Å². The molecule has 0 fully saturated rings. The van der Waals surface area contributed by atoms with E-state index in [9.17, 15) is 9.59 Å². The summed E-state index contributed by atoms with van der Waals surface area (Å²) in [6, 6.07) is 13.2. The van der Waals surface area contributed by atoms with Gasteiger partial charge in [0.1, 0.15) is 11.3 Å². The predicted octanol–water partition coefficient (Wildman–Crippen LogP) is 3.42. The molecule has 0 bridgehead atoms. The molecule has 0 spiro atoms. The molecule has 0 radical (unpaired) electrons. The Labute approximate surface area is 146 Å². The molecule has 0 atom stereocenters. The van der Waals surface area contributed by atoms with E-state index in [1.807, 2.05) is 30.3 Å². The third-order valence-electron chi connectivity index (χ3n) is 3.67. The zero-order valence-electron chi connectivity index (χ0n) is 14.5. The quantitative estimate of drug-likeness (QED) is 0.636. The molecule has 1 aliphatic rings. The lowest BCUT2D eigenvalue weighted by molar-refractivity contribution is -0.148. The molecule has 3 rings (SSSR count). The number of rotatable bonds is 3. The van der Waals surface area contributed by atoms with E-state index in [0.717, 1.165) is 5.56 Å². The van der Waals surface area contributed by atoms with Crippen molar-refractivity contribution >= 4 is 17.6 Å². The molecule has 0 aliphatic carbocycles. The Morgan fingerprint density at radius 3 is 2.56 bits per heavy atom. The third-order valence-corrected chi connectivity index (χ3v) is 3.67. The van der Waals surface area contributed by atoms with Crippen LogP contribution in [-0.2, 0) is 16.1 Å². The van der Waals surface area contributed by atoms with Crippen molar-refractivity contribution in [2.24, 2.45) is 0 Å². The molecule has 1 aliphatic heterocycles. The topological polar surface area (TPSA) is 59.5 Å². The number of esters is 1. The van der Waals surface area contributed by atoms with Crippen molar-refractivity contribution < 1.29 is 14.3 Å². The van der Waals surface area contributed by atoms with Crippen LogP contribution in [-0.4, -0.2) is 27.4 Å². The van der Waals surface area contributed by atoms with Gasteiger partial charge in [-0.2, -0.15) is 0 Å².